The second-order valence-electron chi connectivity index (χ2n) is 6.53. The van der Waals surface area contributed by atoms with Gasteiger partial charge >= 0.3 is 0 Å². The molecular formula is C20H26N2O5S. The van der Waals surface area contributed by atoms with Crippen LogP contribution in [0.15, 0.2) is 53.4 Å². The summed E-state index contributed by atoms with van der Waals surface area (Å²) in [5.74, 6) is 1.02. The molecule has 0 aliphatic carbocycles. The molecule has 0 heterocycles. The number of nitrogens with zero attached hydrogens (tertiary/aromatic N) is 1. The first-order valence-corrected chi connectivity index (χ1v) is 10.4. The second-order valence-corrected chi connectivity index (χ2v) is 8.24. The molecule has 8 heteroatoms. The molecule has 0 bridgehead atoms. The fraction of sp³-hybridized carbons (Fsp3) is 0.350. The molecule has 0 unspecified atom stereocenters. The molecule has 1 amide bonds. The van der Waals surface area contributed by atoms with Crippen molar-refractivity contribution in [2.45, 2.75) is 24.8 Å². The summed E-state index contributed by atoms with van der Waals surface area (Å²) in [5, 5.41) is 0. The normalized spacial score (nSPS) is 11.3. The van der Waals surface area contributed by atoms with Crippen LogP contribution in [0.3, 0.4) is 0 Å². The zero-order chi connectivity index (χ0) is 20.7. The van der Waals surface area contributed by atoms with Gasteiger partial charge in [-0.25, -0.2) is 13.1 Å². The Kier molecular flexibility index (Phi) is 7.42. The third kappa shape index (κ3) is 5.71. The highest BCUT2D eigenvalue weighted by molar-refractivity contribution is 7.89. The van der Waals surface area contributed by atoms with Crippen molar-refractivity contribution in [1.29, 1.82) is 0 Å². The van der Waals surface area contributed by atoms with Gasteiger partial charge in [-0.05, 0) is 50.2 Å². The number of rotatable bonds is 9. The summed E-state index contributed by atoms with van der Waals surface area (Å²) in [5.41, 5.74) is 0.406. The van der Waals surface area contributed by atoms with Crippen LogP contribution in [-0.2, 0) is 10.0 Å². The predicted molar refractivity (Wildman–Crippen MR) is 107 cm³/mol. The summed E-state index contributed by atoms with van der Waals surface area (Å²) in [6, 6.07) is 13.0. The molecule has 0 fully saturated rings. The molecule has 152 valence electrons. The standard InChI is InChI=1S/C20H26N2O5S/c1-15(2)21-28(24,25)17-11-9-16(10-12-17)20(23)22(3)13-14-27-19-8-6-5-7-18(19)26-4/h5-12,15,21H,13-14H2,1-4H3. The molecule has 0 spiro atoms. The van der Waals surface area contributed by atoms with E-state index in [4.69, 9.17) is 9.47 Å². The van der Waals surface area contributed by atoms with Crippen molar-refractivity contribution in [3.8, 4) is 11.5 Å². The lowest BCUT2D eigenvalue weighted by Gasteiger charge is -2.18. The molecule has 1 N–H and O–H groups in total. The van der Waals surface area contributed by atoms with Gasteiger partial charge < -0.3 is 14.4 Å². The van der Waals surface area contributed by atoms with Crippen LogP contribution >= 0.6 is 0 Å². The highest BCUT2D eigenvalue weighted by atomic mass is 32.2. The number of para-hydroxylation sites is 2. The molecule has 0 saturated heterocycles. The van der Waals surface area contributed by atoms with Crippen molar-refractivity contribution < 1.29 is 22.7 Å². The minimum absolute atomic E-state index is 0.125. The summed E-state index contributed by atoms with van der Waals surface area (Å²) in [6.45, 7) is 4.16. The number of benzene rings is 2. The predicted octanol–water partition coefficient (Wildman–Crippen LogP) is 2.53. The molecule has 0 atom stereocenters. The Morgan fingerprint density at radius 1 is 1.07 bits per heavy atom. The number of ether oxygens (including phenoxy) is 2. The zero-order valence-corrected chi connectivity index (χ0v) is 17.3. The quantitative estimate of drug-likeness (QED) is 0.692. The van der Waals surface area contributed by atoms with Crippen LogP contribution in [0.4, 0.5) is 0 Å². The maximum absolute atomic E-state index is 12.5. The summed E-state index contributed by atoms with van der Waals surface area (Å²) in [7, 11) is -0.347. The van der Waals surface area contributed by atoms with E-state index in [2.05, 4.69) is 4.72 Å². The maximum atomic E-state index is 12.5. The minimum atomic E-state index is -3.58. The fourth-order valence-electron chi connectivity index (χ4n) is 2.51. The van der Waals surface area contributed by atoms with Crippen LogP contribution < -0.4 is 14.2 Å². The van der Waals surface area contributed by atoms with Gasteiger partial charge in [0.1, 0.15) is 6.61 Å². The Morgan fingerprint density at radius 2 is 1.68 bits per heavy atom. The molecule has 28 heavy (non-hydrogen) atoms. The van der Waals surface area contributed by atoms with E-state index in [1.807, 2.05) is 12.1 Å². The van der Waals surface area contributed by atoms with E-state index < -0.39 is 10.0 Å². The molecule has 0 aliphatic rings. The van der Waals surface area contributed by atoms with Crippen LogP contribution in [0.25, 0.3) is 0 Å². The third-order valence-electron chi connectivity index (χ3n) is 3.90. The first-order chi connectivity index (χ1) is 13.2. The van der Waals surface area contributed by atoms with Gasteiger partial charge in [-0.3, -0.25) is 4.79 Å². The number of hydrogen-bond donors (Lipinski definition) is 1. The summed E-state index contributed by atoms with van der Waals surface area (Å²) < 4.78 is 37.7. The highest BCUT2D eigenvalue weighted by Crippen LogP contribution is 2.25. The van der Waals surface area contributed by atoms with Crippen molar-refractivity contribution in [2.24, 2.45) is 0 Å². The van der Waals surface area contributed by atoms with Crippen LogP contribution in [-0.4, -0.2) is 52.6 Å². The Balaban J connectivity index is 1.96. The van der Waals surface area contributed by atoms with Crippen molar-refractivity contribution in [2.75, 3.05) is 27.3 Å². The summed E-state index contributed by atoms with van der Waals surface area (Å²) in [4.78, 5) is 14.2. The number of likely N-dealkylation sites (N-methyl/N-ethyl adjacent to an activating group) is 1. The van der Waals surface area contributed by atoms with E-state index in [1.54, 1.807) is 40.1 Å². The van der Waals surface area contributed by atoms with E-state index in [-0.39, 0.29) is 16.8 Å². The topological polar surface area (TPSA) is 84.9 Å². The number of carbonyl (C=O) groups is 1. The van der Waals surface area contributed by atoms with E-state index >= 15 is 0 Å². The monoisotopic (exact) mass is 406 g/mol. The lowest BCUT2D eigenvalue weighted by Crippen LogP contribution is -2.31. The molecule has 2 aromatic carbocycles. The Morgan fingerprint density at radius 3 is 2.25 bits per heavy atom. The second kappa shape index (κ2) is 9.57. The Labute approximate surface area is 166 Å². The summed E-state index contributed by atoms with van der Waals surface area (Å²) >= 11 is 0. The lowest BCUT2D eigenvalue weighted by atomic mass is 10.2. The average Bonchev–Trinajstić information content (AvgIpc) is 2.66. The van der Waals surface area contributed by atoms with Gasteiger partial charge in [-0.2, -0.15) is 0 Å². The van der Waals surface area contributed by atoms with E-state index in [0.29, 0.717) is 30.2 Å². The van der Waals surface area contributed by atoms with Crippen molar-refractivity contribution in [3.63, 3.8) is 0 Å². The van der Waals surface area contributed by atoms with Gasteiger partial charge in [0.05, 0.1) is 18.6 Å². The first-order valence-electron chi connectivity index (χ1n) is 8.88. The number of amides is 1. The summed E-state index contributed by atoms with van der Waals surface area (Å²) in [6.07, 6.45) is 0. The highest BCUT2D eigenvalue weighted by Gasteiger charge is 2.17. The van der Waals surface area contributed by atoms with Crippen LogP contribution in [0.1, 0.15) is 24.2 Å². The zero-order valence-electron chi connectivity index (χ0n) is 16.5. The van der Waals surface area contributed by atoms with Gasteiger partial charge in [0.2, 0.25) is 10.0 Å². The van der Waals surface area contributed by atoms with Crippen LogP contribution in [0, 0.1) is 0 Å². The van der Waals surface area contributed by atoms with Crippen molar-refractivity contribution in [3.05, 3.63) is 54.1 Å². The Hall–Kier alpha value is -2.58. The van der Waals surface area contributed by atoms with Gasteiger partial charge in [-0.1, -0.05) is 12.1 Å². The van der Waals surface area contributed by atoms with E-state index in [1.165, 1.54) is 29.2 Å². The number of carbonyl (C=O) groups excluding carboxylic acids is 1. The molecule has 2 rings (SSSR count). The molecule has 7 nitrogen and oxygen atoms in total. The molecule has 0 aliphatic heterocycles. The molecule has 2 aromatic rings. The average molecular weight is 407 g/mol. The minimum Gasteiger partial charge on any atom is -0.493 e. The van der Waals surface area contributed by atoms with Gasteiger partial charge in [0, 0.05) is 18.7 Å². The van der Waals surface area contributed by atoms with Crippen LogP contribution in [0.2, 0.25) is 0 Å². The maximum Gasteiger partial charge on any atom is 0.253 e. The smallest absolute Gasteiger partial charge is 0.253 e. The largest absolute Gasteiger partial charge is 0.493 e. The van der Waals surface area contributed by atoms with Crippen molar-refractivity contribution in [1.82, 2.24) is 9.62 Å². The van der Waals surface area contributed by atoms with E-state index in [0.717, 1.165) is 0 Å². The van der Waals surface area contributed by atoms with Crippen molar-refractivity contribution >= 4 is 15.9 Å². The van der Waals surface area contributed by atoms with Crippen LogP contribution in [0.5, 0.6) is 11.5 Å². The number of hydrogen-bond acceptors (Lipinski definition) is 5. The molecule has 0 saturated carbocycles. The van der Waals surface area contributed by atoms with Gasteiger partial charge in [-0.15, -0.1) is 0 Å². The van der Waals surface area contributed by atoms with Gasteiger partial charge in [0.25, 0.3) is 5.91 Å². The molecule has 0 radical (unpaired) electrons. The molecule has 0 aromatic heterocycles. The van der Waals surface area contributed by atoms with E-state index in [9.17, 15) is 13.2 Å². The Bertz CT molecular complexity index is 895. The lowest BCUT2D eigenvalue weighted by molar-refractivity contribution is 0.0773. The first kappa shape index (κ1) is 21.7. The number of sulfonamides is 1. The molecular weight excluding hydrogens is 380 g/mol. The van der Waals surface area contributed by atoms with Gasteiger partial charge in [0.15, 0.2) is 11.5 Å². The number of nitrogens with one attached hydrogen (secondary N) is 1. The number of methoxy groups -OCH3 is 1. The fourth-order valence-corrected chi connectivity index (χ4v) is 3.76. The third-order valence-corrected chi connectivity index (χ3v) is 5.58. The SMILES string of the molecule is COc1ccccc1OCCN(C)C(=O)c1ccc(S(=O)(=O)NC(C)C)cc1.